The maximum absolute atomic E-state index is 12.9. The number of carbonyl (C=O) groups is 1. The third-order valence-corrected chi connectivity index (χ3v) is 5.35. The van der Waals surface area contributed by atoms with Gasteiger partial charge in [0, 0.05) is 24.6 Å². The van der Waals surface area contributed by atoms with Gasteiger partial charge in [-0.3, -0.25) is 4.90 Å². The first-order valence-corrected chi connectivity index (χ1v) is 9.10. The Morgan fingerprint density at radius 3 is 2.88 bits per heavy atom. The number of nitrogens with zero attached hydrogens (tertiary/aromatic N) is 4. The molecular formula is C19H25N5O. The lowest BCUT2D eigenvalue weighted by molar-refractivity contribution is 0.237. The molecule has 6 nitrogen and oxygen atoms in total. The molecule has 6 heteroatoms. The van der Waals surface area contributed by atoms with Crippen molar-refractivity contribution in [2.24, 2.45) is 5.92 Å². The van der Waals surface area contributed by atoms with Crippen molar-refractivity contribution in [3.63, 3.8) is 0 Å². The van der Waals surface area contributed by atoms with E-state index in [-0.39, 0.29) is 12.1 Å². The van der Waals surface area contributed by atoms with E-state index in [1.165, 1.54) is 5.56 Å². The molecule has 2 aromatic rings. The number of hydrogen-bond donors (Lipinski definition) is 1. The summed E-state index contributed by atoms with van der Waals surface area (Å²) < 4.78 is 1.93. The van der Waals surface area contributed by atoms with E-state index in [9.17, 15) is 4.79 Å². The standard InChI is InChI=1S/C19H25N5O/c1-12(2)16-11-23(17-7-5-4-6-15(16)17)19(25)21-14-8-9-18-20-13(3)22-24(18)10-14/h4-7,12,14,16H,8-11H2,1-3H3,(H,21,25). The predicted octanol–water partition coefficient (Wildman–Crippen LogP) is 2.87. The van der Waals surface area contributed by atoms with Crippen molar-refractivity contribution in [1.29, 1.82) is 0 Å². The minimum absolute atomic E-state index is 0.000822. The maximum Gasteiger partial charge on any atom is 0.322 e. The zero-order chi connectivity index (χ0) is 17.6. The monoisotopic (exact) mass is 339 g/mol. The van der Waals surface area contributed by atoms with Crippen molar-refractivity contribution in [3.05, 3.63) is 41.5 Å². The van der Waals surface area contributed by atoms with E-state index < -0.39 is 0 Å². The van der Waals surface area contributed by atoms with Crippen LogP contribution in [0.3, 0.4) is 0 Å². The van der Waals surface area contributed by atoms with Crippen LogP contribution in [0.1, 0.15) is 43.4 Å². The first kappa shape index (κ1) is 16.1. The van der Waals surface area contributed by atoms with Crippen molar-refractivity contribution < 1.29 is 4.79 Å². The van der Waals surface area contributed by atoms with Crippen LogP contribution in [0, 0.1) is 12.8 Å². The van der Waals surface area contributed by atoms with Gasteiger partial charge in [-0.05, 0) is 30.9 Å². The molecule has 4 rings (SSSR count). The van der Waals surface area contributed by atoms with Gasteiger partial charge in [-0.25, -0.2) is 14.5 Å². The second kappa shape index (κ2) is 6.17. The molecule has 0 saturated heterocycles. The zero-order valence-electron chi connectivity index (χ0n) is 15.1. The van der Waals surface area contributed by atoms with Gasteiger partial charge in [-0.2, -0.15) is 5.10 Å². The molecule has 0 spiro atoms. The van der Waals surface area contributed by atoms with Crippen LogP contribution in [0.5, 0.6) is 0 Å². The summed E-state index contributed by atoms with van der Waals surface area (Å²) >= 11 is 0. The van der Waals surface area contributed by atoms with Crippen LogP contribution in [0.25, 0.3) is 0 Å². The predicted molar refractivity (Wildman–Crippen MR) is 96.8 cm³/mol. The summed E-state index contributed by atoms with van der Waals surface area (Å²) in [6, 6.07) is 8.38. The maximum atomic E-state index is 12.9. The van der Waals surface area contributed by atoms with E-state index in [1.54, 1.807) is 0 Å². The topological polar surface area (TPSA) is 63.1 Å². The molecule has 1 aromatic carbocycles. The van der Waals surface area contributed by atoms with E-state index in [0.717, 1.165) is 36.7 Å². The summed E-state index contributed by atoms with van der Waals surface area (Å²) in [5, 5.41) is 7.63. The Morgan fingerprint density at radius 1 is 1.28 bits per heavy atom. The lowest BCUT2D eigenvalue weighted by Gasteiger charge is -2.27. The zero-order valence-corrected chi connectivity index (χ0v) is 15.1. The van der Waals surface area contributed by atoms with E-state index in [1.807, 2.05) is 22.6 Å². The number of hydrogen-bond acceptors (Lipinski definition) is 3. The number of rotatable bonds is 2. The van der Waals surface area contributed by atoms with Crippen molar-refractivity contribution in [1.82, 2.24) is 20.1 Å². The fourth-order valence-electron chi connectivity index (χ4n) is 4.01. The average molecular weight is 339 g/mol. The summed E-state index contributed by atoms with van der Waals surface area (Å²) in [5.41, 5.74) is 2.33. The van der Waals surface area contributed by atoms with E-state index >= 15 is 0 Å². The van der Waals surface area contributed by atoms with E-state index in [2.05, 4.69) is 47.4 Å². The van der Waals surface area contributed by atoms with Crippen LogP contribution in [-0.2, 0) is 13.0 Å². The Labute approximate surface area is 148 Å². The Bertz CT molecular complexity index is 797. The quantitative estimate of drug-likeness (QED) is 0.915. The molecule has 25 heavy (non-hydrogen) atoms. The summed E-state index contributed by atoms with van der Waals surface area (Å²) in [6.45, 7) is 7.80. The molecule has 2 aliphatic heterocycles. The normalized spacial score (nSPS) is 22.0. The van der Waals surface area contributed by atoms with Gasteiger partial charge in [-0.15, -0.1) is 0 Å². The van der Waals surface area contributed by atoms with Gasteiger partial charge in [-0.1, -0.05) is 32.0 Å². The number of benzene rings is 1. The van der Waals surface area contributed by atoms with Gasteiger partial charge in [0.15, 0.2) is 0 Å². The molecule has 0 radical (unpaired) electrons. The molecule has 0 bridgehead atoms. The summed E-state index contributed by atoms with van der Waals surface area (Å²) in [7, 11) is 0. The van der Waals surface area contributed by atoms with Crippen molar-refractivity contribution >= 4 is 11.7 Å². The molecule has 0 saturated carbocycles. The number of nitrogens with one attached hydrogen (secondary N) is 1. The highest BCUT2D eigenvalue weighted by atomic mass is 16.2. The van der Waals surface area contributed by atoms with Gasteiger partial charge in [0.25, 0.3) is 0 Å². The van der Waals surface area contributed by atoms with E-state index in [0.29, 0.717) is 18.4 Å². The lowest BCUT2D eigenvalue weighted by Crippen LogP contribution is -2.48. The molecule has 0 fully saturated rings. The molecule has 2 amide bonds. The van der Waals surface area contributed by atoms with Gasteiger partial charge < -0.3 is 5.32 Å². The molecule has 2 aliphatic rings. The molecular weight excluding hydrogens is 314 g/mol. The second-order valence-corrected chi connectivity index (χ2v) is 7.46. The first-order chi connectivity index (χ1) is 12.0. The number of amides is 2. The summed E-state index contributed by atoms with van der Waals surface area (Å²) in [6.07, 6.45) is 1.77. The number of para-hydroxylation sites is 1. The van der Waals surface area contributed by atoms with Crippen LogP contribution in [0.4, 0.5) is 10.5 Å². The molecule has 2 unspecified atom stereocenters. The molecule has 132 valence electrons. The highest BCUT2D eigenvalue weighted by Crippen LogP contribution is 2.40. The molecule has 0 aliphatic carbocycles. The van der Waals surface area contributed by atoms with Crippen LogP contribution in [-0.4, -0.2) is 33.4 Å². The molecule has 1 N–H and O–H groups in total. The van der Waals surface area contributed by atoms with Gasteiger partial charge in [0.05, 0.1) is 12.6 Å². The Balaban J connectivity index is 1.49. The van der Waals surface area contributed by atoms with Gasteiger partial charge in [0.2, 0.25) is 0 Å². The highest BCUT2D eigenvalue weighted by molar-refractivity contribution is 5.94. The Kier molecular flexibility index (Phi) is 3.98. The Morgan fingerprint density at radius 2 is 2.08 bits per heavy atom. The summed E-state index contributed by atoms with van der Waals surface area (Å²) in [5.74, 6) is 2.73. The summed E-state index contributed by atoms with van der Waals surface area (Å²) in [4.78, 5) is 19.3. The third kappa shape index (κ3) is 2.90. The van der Waals surface area contributed by atoms with Crippen LogP contribution in [0.15, 0.2) is 24.3 Å². The third-order valence-electron chi connectivity index (χ3n) is 5.35. The second-order valence-electron chi connectivity index (χ2n) is 7.46. The first-order valence-electron chi connectivity index (χ1n) is 9.10. The van der Waals surface area contributed by atoms with Crippen LogP contribution < -0.4 is 10.2 Å². The number of carbonyl (C=O) groups excluding carboxylic acids is 1. The fraction of sp³-hybridized carbons (Fsp3) is 0.526. The number of aryl methyl sites for hydroxylation is 2. The number of aromatic nitrogens is 3. The SMILES string of the molecule is Cc1nc2n(n1)CC(NC(=O)N1CC(C(C)C)c3ccccc31)CC2. The fourth-order valence-corrected chi connectivity index (χ4v) is 4.01. The highest BCUT2D eigenvalue weighted by Gasteiger charge is 2.34. The lowest BCUT2D eigenvalue weighted by atomic mass is 9.90. The van der Waals surface area contributed by atoms with Crippen LogP contribution in [0.2, 0.25) is 0 Å². The van der Waals surface area contributed by atoms with Crippen LogP contribution >= 0.6 is 0 Å². The number of fused-ring (bicyclic) bond motifs is 2. The smallest absolute Gasteiger partial charge is 0.322 e. The van der Waals surface area contributed by atoms with E-state index in [4.69, 9.17) is 0 Å². The minimum atomic E-state index is 0.000822. The molecule has 3 heterocycles. The number of anilines is 1. The molecule has 1 aromatic heterocycles. The van der Waals surface area contributed by atoms with Crippen molar-refractivity contribution in [2.75, 3.05) is 11.4 Å². The average Bonchev–Trinajstić information content (AvgIpc) is 3.14. The van der Waals surface area contributed by atoms with Crippen molar-refractivity contribution in [3.8, 4) is 0 Å². The van der Waals surface area contributed by atoms with Gasteiger partial charge in [0.1, 0.15) is 11.6 Å². The Hall–Kier alpha value is -2.37. The largest absolute Gasteiger partial charge is 0.333 e. The minimum Gasteiger partial charge on any atom is -0.333 e. The molecule has 2 atom stereocenters. The van der Waals surface area contributed by atoms with Crippen molar-refractivity contribution in [2.45, 2.75) is 52.1 Å². The van der Waals surface area contributed by atoms with Gasteiger partial charge >= 0.3 is 6.03 Å². The number of urea groups is 1.